The van der Waals surface area contributed by atoms with Crippen molar-refractivity contribution in [3.8, 4) is 0 Å². The fourth-order valence-corrected chi connectivity index (χ4v) is 4.44. The number of nitrogen functional groups attached to an aromatic ring is 1. The maximum Gasteiger partial charge on any atom is 0.0371 e. The van der Waals surface area contributed by atoms with E-state index in [1.54, 1.807) is 0 Å². The van der Waals surface area contributed by atoms with E-state index in [1.165, 1.54) is 37.8 Å². The average molecular weight is 323 g/mol. The van der Waals surface area contributed by atoms with Gasteiger partial charge < -0.3 is 10.6 Å². The quantitative estimate of drug-likeness (QED) is 0.852. The van der Waals surface area contributed by atoms with Crippen LogP contribution < -0.4 is 5.73 Å². The van der Waals surface area contributed by atoms with Crippen molar-refractivity contribution in [2.45, 2.75) is 32.2 Å². The van der Waals surface area contributed by atoms with E-state index < -0.39 is 0 Å². The zero-order valence-electron chi connectivity index (χ0n) is 11.6. The van der Waals surface area contributed by atoms with Crippen LogP contribution in [0.2, 0.25) is 0 Å². The third-order valence-electron chi connectivity index (χ3n) is 4.98. The molecule has 2 fully saturated rings. The second-order valence-corrected chi connectivity index (χ2v) is 7.39. The smallest absolute Gasteiger partial charge is 0.0371 e. The lowest BCUT2D eigenvalue weighted by molar-refractivity contribution is 0.215. The number of fused-ring (bicyclic) bond motifs is 2. The maximum atomic E-state index is 6.08. The summed E-state index contributed by atoms with van der Waals surface area (Å²) in [5, 5.41) is 0. The molecule has 3 rings (SSSR count). The summed E-state index contributed by atoms with van der Waals surface area (Å²) >= 11 is 3.46. The van der Waals surface area contributed by atoms with Gasteiger partial charge in [-0.05, 0) is 61.8 Å². The van der Waals surface area contributed by atoms with E-state index in [2.05, 4.69) is 40.0 Å². The Kier molecular flexibility index (Phi) is 3.86. The number of nitrogens with two attached hydrogens (primary N) is 1. The fraction of sp³-hybridized carbons (Fsp3) is 0.625. The summed E-state index contributed by atoms with van der Waals surface area (Å²) in [5.74, 6) is 2.98. The van der Waals surface area contributed by atoms with E-state index in [1.807, 2.05) is 6.07 Å². The summed E-state index contributed by atoms with van der Waals surface area (Å²) in [5.41, 5.74) is 8.22. The van der Waals surface area contributed by atoms with Crippen LogP contribution in [0.5, 0.6) is 0 Å². The van der Waals surface area contributed by atoms with Crippen molar-refractivity contribution in [2.75, 3.05) is 19.3 Å². The van der Waals surface area contributed by atoms with Gasteiger partial charge in [-0.2, -0.15) is 0 Å². The van der Waals surface area contributed by atoms with Gasteiger partial charge in [0.2, 0.25) is 0 Å². The first-order chi connectivity index (χ1) is 9.11. The molecule has 2 aliphatic carbocycles. The lowest BCUT2D eigenvalue weighted by Crippen LogP contribution is -2.28. The highest BCUT2D eigenvalue weighted by atomic mass is 79.9. The summed E-state index contributed by atoms with van der Waals surface area (Å²) < 4.78 is 1.06. The van der Waals surface area contributed by atoms with Crippen LogP contribution in [0.15, 0.2) is 22.7 Å². The van der Waals surface area contributed by atoms with E-state index in [-0.39, 0.29) is 0 Å². The molecule has 0 aliphatic heterocycles. The van der Waals surface area contributed by atoms with E-state index in [0.717, 1.165) is 34.5 Å². The summed E-state index contributed by atoms with van der Waals surface area (Å²) in [6.07, 6.45) is 5.93. The number of anilines is 1. The molecule has 0 spiro atoms. The second-order valence-electron chi connectivity index (χ2n) is 6.47. The second kappa shape index (κ2) is 5.45. The highest BCUT2D eigenvalue weighted by Gasteiger charge is 2.39. The molecule has 1 aromatic rings. The van der Waals surface area contributed by atoms with Gasteiger partial charge in [0.05, 0.1) is 0 Å². The molecule has 0 heterocycles. The first-order valence-electron chi connectivity index (χ1n) is 7.34. The molecule has 3 atom stereocenters. The Bertz CT molecular complexity index is 460. The zero-order valence-corrected chi connectivity index (χ0v) is 13.2. The van der Waals surface area contributed by atoms with Crippen LogP contribution in [0, 0.1) is 17.8 Å². The highest BCUT2D eigenvalue weighted by Crippen LogP contribution is 2.48. The van der Waals surface area contributed by atoms with E-state index >= 15 is 0 Å². The molecule has 0 radical (unpaired) electrons. The number of hydrogen-bond acceptors (Lipinski definition) is 2. The Morgan fingerprint density at radius 2 is 2.16 bits per heavy atom. The summed E-state index contributed by atoms with van der Waals surface area (Å²) in [7, 11) is 2.23. The number of halogens is 1. The van der Waals surface area contributed by atoms with Crippen molar-refractivity contribution in [2.24, 2.45) is 17.8 Å². The molecule has 2 N–H and O–H groups in total. The SMILES string of the molecule is CN(Cc1ccc(Br)cc1N)CC1CC2CCC1C2. The third-order valence-corrected chi connectivity index (χ3v) is 5.47. The Morgan fingerprint density at radius 1 is 1.32 bits per heavy atom. The van der Waals surface area contributed by atoms with E-state index in [4.69, 9.17) is 5.73 Å². The third kappa shape index (κ3) is 2.97. The van der Waals surface area contributed by atoms with Gasteiger partial charge >= 0.3 is 0 Å². The molecule has 2 bridgehead atoms. The molecule has 19 heavy (non-hydrogen) atoms. The first kappa shape index (κ1) is 13.4. The molecule has 1 aromatic carbocycles. The zero-order chi connectivity index (χ0) is 13.4. The predicted octanol–water partition coefficient (Wildman–Crippen LogP) is 3.90. The topological polar surface area (TPSA) is 29.3 Å². The number of rotatable bonds is 4. The Balaban J connectivity index is 1.57. The maximum absolute atomic E-state index is 6.08. The molecule has 0 aromatic heterocycles. The largest absolute Gasteiger partial charge is 0.398 e. The molecule has 2 aliphatic rings. The van der Waals surface area contributed by atoms with Gasteiger partial charge in [-0.25, -0.2) is 0 Å². The van der Waals surface area contributed by atoms with Gasteiger partial charge in [-0.1, -0.05) is 28.4 Å². The van der Waals surface area contributed by atoms with E-state index in [9.17, 15) is 0 Å². The minimum Gasteiger partial charge on any atom is -0.398 e. The number of nitrogens with zero attached hydrogens (tertiary/aromatic N) is 1. The Hall–Kier alpha value is -0.540. The van der Waals surface area contributed by atoms with Gasteiger partial charge in [0, 0.05) is 23.2 Å². The van der Waals surface area contributed by atoms with Gasteiger partial charge in [0.25, 0.3) is 0 Å². The van der Waals surface area contributed by atoms with Crippen LogP contribution in [0.25, 0.3) is 0 Å². The Morgan fingerprint density at radius 3 is 2.79 bits per heavy atom. The molecule has 104 valence electrons. The summed E-state index contributed by atoms with van der Waals surface area (Å²) in [6.45, 7) is 2.20. The molecule has 2 nitrogen and oxygen atoms in total. The van der Waals surface area contributed by atoms with Crippen LogP contribution in [-0.4, -0.2) is 18.5 Å². The van der Waals surface area contributed by atoms with Crippen molar-refractivity contribution in [1.29, 1.82) is 0 Å². The monoisotopic (exact) mass is 322 g/mol. The minimum absolute atomic E-state index is 0.897. The summed E-state index contributed by atoms with van der Waals surface area (Å²) in [6, 6.07) is 6.22. The predicted molar refractivity (Wildman–Crippen MR) is 83.8 cm³/mol. The van der Waals surface area contributed by atoms with Crippen LogP contribution in [-0.2, 0) is 6.54 Å². The van der Waals surface area contributed by atoms with Crippen LogP contribution in [0.4, 0.5) is 5.69 Å². The van der Waals surface area contributed by atoms with Gasteiger partial charge in [-0.3, -0.25) is 0 Å². The molecule has 0 saturated heterocycles. The van der Waals surface area contributed by atoms with Crippen molar-refractivity contribution in [3.05, 3.63) is 28.2 Å². The molecule has 3 unspecified atom stereocenters. The van der Waals surface area contributed by atoms with Crippen molar-refractivity contribution < 1.29 is 0 Å². The van der Waals surface area contributed by atoms with Gasteiger partial charge in [0.15, 0.2) is 0 Å². The standard InChI is InChI=1S/C16H23BrN2/c1-19(9-13-4-5-15(17)8-16(13)18)10-14-7-11-2-3-12(14)6-11/h4-5,8,11-12,14H,2-3,6-7,9-10,18H2,1H3. The molecular weight excluding hydrogens is 300 g/mol. The van der Waals surface area contributed by atoms with Gasteiger partial charge in [-0.15, -0.1) is 0 Å². The highest BCUT2D eigenvalue weighted by molar-refractivity contribution is 9.10. The molecular formula is C16H23BrN2. The average Bonchev–Trinajstić information content (AvgIpc) is 2.95. The van der Waals surface area contributed by atoms with Crippen molar-refractivity contribution >= 4 is 21.6 Å². The van der Waals surface area contributed by atoms with Crippen LogP contribution in [0.3, 0.4) is 0 Å². The normalized spacial score (nSPS) is 29.3. The summed E-state index contributed by atoms with van der Waals surface area (Å²) in [4.78, 5) is 2.45. The van der Waals surface area contributed by atoms with E-state index in [0.29, 0.717) is 0 Å². The van der Waals surface area contributed by atoms with Crippen molar-refractivity contribution in [1.82, 2.24) is 4.90 Å². The number of hydrogen-bond donors (Lipinski definition) is 1. The Labute approximate surface area is 124 Å². The first-order valence-corrected chi connectivity index (χ1v) is 8.13. The molecule has 2 saturated carbocycles. The lowest BCUT2D eigenvalue weighted by Gasteiger charge is -2.27. The fourth-order valence-electron chi connectivity index (χ4n) is 4.07. The van der Waals surface area contributed by atoms with Crippen LogP contribution in [0.1, 0.15) is 31.2 Å². The van der Waals surface area contributed by atoms with Gasteiger partial charge in [0.1, 0.15) is 0 Å². The number of benzene rings is 1. The minimum atomic E-state index is 0.897. The molecule has 0 amide bonds. The van der Waals surface area contributed by atoms with Crippen LogP contribution >= 0.6 is 15.9 Å². The lowest BCUT2D eigenvalue weighted by atomic mass is 9.88. The molecule has 3 heteroatoms. The van der Waals surface area contributed by atoms with Crippen molar-refractivity contribution in [3.63, 3.8) is 0 Å².